The van der Waals surface area contributed by atoms with Gasteiger partial charge >= 0.3 is 0 Å². The summed E-state index contributed by atoms with van der Waals surface area (Å²) in [6, 6.07) is 8.81. The van der Waals surface area contributed by atoms with Gasteiger partial charge in [0, 0.05) is 23.6 Å². The lowest BCUT2D eigenvalue weighted by atomic mass is 9.92. The number of ether oxygens (including phenoxy) is 1. The van der Waals surface area contributed by atoms with Gasteiger partial charge < -0.3 is 10.1 Å². The van der Waals surface area contributed by atoms with Crippen molar-refractivity contribution in [2.24, 2.45) is 5.92 Å². The molecule has 0 aliphatic carbocycles. The number of rotatable bonds is 4. The number of likely N-dealkylation sites (tertiary alicyclic amines) is 1. The minimum absolute atomic E-state index is 0.738. The predicted octanol–water partition coefficient (Wildman–Crippen LogP) is 2.51. The van der Waals surface area contributed by atoms with Gasteiger partial charge in [0.15, 0.2) is 0 Å². The van der Waals surface area contributed by atoms with Gasteiger partial charge in [0.1, 0.15) is 12.4 Å². The number of piperidine rings is 1. The van der Waals surface area contributed by atoms with Gasteiger partial charge in [0.2, 0.25) is 0 Å². The van der Waals surface area contributed by atoms with E-state index in [1.54, 1.807) is 0 Å². The lowest BCUT2D eigenvalue weighted by Gasteiger charge is -2.36. The molecule has 0 bridgehead atoms. The first-order valence-electron chi connectivity index (χ1n) is 7.16. The van der Waals surface area contributed by atoms with Crippen LogP contribution in [-0.4, -0.2) is 43.7 Å². The molecule has 0 amide bonds. The van der Waals surface area contributed by atoms with Crippen LogP contribution in [0.5, 0.6) is 5.75 Å². The summed E-state index contributed by atoms with van der Waals surface area (Å²) in [4.78, 5) is 2.60. The van der Waals surface area contributed by atoms with Crippen LogP contribution in [0.2, 0.25) is 0 Å². The summed E-state index contributed by atoms with van der Waals surface area (Å²) in [6.45, 7) is 5.41. The van der Waals surface area contributed by atoms with Crippen LogP contribution in [0.3, 0.4) is 0 Å². The van der Waals surface area contributed by atoms with Crippen molar-refractivity contribution in [3.63, 3.8) is 0 Å². The number of benzene rings is 1. The molecule has 104 valence electrons. The van der Waals surface area contributed by atoms with Crippen LogP contribution in [0.25, 0.3) is 0 Å². The molecule has 2 atom stereocenters. The minimum atomic E-state index is 0.738. The van der Waals surface area contributed by atoms with Crippen molar-refractivity contribution in [1.29, 1.82) is 0 Å². The molecular formula is C15H21BrN2O. The van der Waals surface area contributed by atoms with E-state index < -0.39 is 0 Å². The molecule has 1 aromatic rings. The van der Waals surface area contributed by atoms with E-state index in [-0.39, 0.29) is 0 Å². The van der Waals surface area contributed by atoms with Gasteiger partial charge in [-0.15, -0.1) is 0 Å². The second-order valence-electron chi connectivity index (χ2n) is 5.47. The maximum absolute atomic E-state index is 5.83. The zero-order chi connectivity index (χ0) is 13.1. The molecule has 2 saturated heterocycles. The largest absolute Gasteiger partial charge is 0.492 e. The lowest BCUT2D eigenvalue weighted by molar-refractivity contribution is 0.105. The average molecular weight is 325 g/mol. The van der Waals surface area contributed by atoms with Crippen molar-refractivity contribution in [3.8, 4) is 5.75 Å². The average Bonchev–Trinajstić information content (AvgIpc) is 2.90. The number of nitrogens with one attached hydrogen (secondary N) is 1. The molecular weight excluding hydrogens is 304 g/mol. The summed E-state index contributed by atoms with van der Waals surface area (Å²) in [5, 5.41) is 3.52. The Morgan fingerprint density at radius 2 is 2.11 bits per heavy atom. The highest BCUT2D eigenvalue weighted by atomic mass is 79.9. The van der Waals surface area contributed by atoms with E-state index in [0.717, 1.165) is 41.9 Å². The summed E-state index contributed by atoms with van der Waals surface area (Å²) >= 11 is 3.44. The van der Waals surface area contributed by atoms with E-state index in [1.807, 2.05) is 24.3 Å². The maximum atomic E-state index is 5.83. The summed E-state index contributed by atoms with van der Waals surface area (Å²) in [5.74, 6) is 1.82. The molecule has 2 unspecified atom stereocenters. The normalized spacial score (nSPS) is 27.2. The molecule has 2 aliphatic rings. The summed E-state index contributed by atoms with van der Waals surface area (Å²) < 4.78 is 6.92. The van der Waals surface area contributed by atoms with E-state index in [9.17, 15) is 0 Å². The highest BCUT2D eigenvalue weighted by molar-refractivity contribution is 9.10. The van der Waals surface area contributed by atoms with Gasteiger partial charge in [0.05, 0.1) is 0 Å². The molecule has 2 heterocycles. The van der Waals surface area contributed by atoms with E-state index in [0.29, 0.717) is 0 Å². The molecule has 0 aromatic heterocycles. The SMILES string of the molecule is Brc1ccc(OCCN2CCCC3CNCC32)cc1. The van der Waals surface area contributed by atoms with Gasteiger partial charge in [-0.25, -0.2) is 0 Å². The van der Waals surface area contributed by atoms with Crippen molar-refractivity contribution < 1.29 is 4.74 Å². The molecule has 2 aliphatic heterocycles. The van der Waals surface area contributed by atoms with Crippen molar-refractivity contribution in [2.75, 3.05) is 32.8 Å². The lowest BCUT2D eigenvalue weighted by Crippen LogP contribution is -2.46. The fraction of sp³-hybridized carbons (Fsp3) is 0.600. The van der Waals surface area contributed by atoms with Gasteiger partial charge in [-0.2, -0.15) is 0 Å². The van der Waals surface area contributed by atoms with Crippen molar-refractivity contribution in [3.05, 3.63) is 28.7 Å². The Kier molecular flexibility index (Phi) is 4.41. The third-order valence-corrected chi connectivity index (χ3v) is 4.78. The molecule has 1 N–H and O–H groups in total. The highest BCUT2D eigenvalue weighted by Crippen LogP contribution is 2.26. The smallest absolute Gasteiger partial charge is 0.119 e. The Morgan fingerprint density at radius 1 is 1.26 bits per heavy atom. The van der Waals surface area contributed by atoms with Crippen LogP contribution >= 0.6 is 15.9 Å². The van der Waals surface area contributed by atoms with Crippen LogP contribution in [0.1, 0.15) is 12.8 Å². The first-order chi connectivity index (χ1) is 9.33. The Bertz CT molecular complexity index is 409. The van der Waals surface area contributed by atoms with Crippen LogP contribution in [0.4, 0.5) is 0 Å². The molecule has 19 heavy (non-hydrogen) atoms. The fourth-order valence-electron chi connectivity index (χ4n) is 3.25. The number of halogens is 1. The monoisotopic (exact) mass is 324 g/mol. The van der Waals surface area contributed by atoms with Crippen molar-refractivity contribution in [2.45, 2.75) is 18.9 Å². The third kappa shape index (κ3) is 3.30. The first kappa shape index (κ1) is 13.4. The Hall–Kier alpha value is -0.580. The van der Waals surface area contributed by atoms with Gasteiger partial charge in [0.25, 0.3) is 0 Å². The van der Waals surface area contributed by atoms with E-state index in [2.05, 4.69) is 26.1 Å². The third-order valence-electron chi connectivity index (χ3n) is 4.25. The molecule has 0 saturated carbocycles. The maximum Gasteiger partial charge on any atom is 0.119 e. The number of hydrogen-bond donors (Lipinski definition) is 1. The standard InChI is InChI=1S/C15H21BrN2O/c16-13-3-5-14(6-4-13)19-9-8-18-7-1-2-12-10-17-11-15(12)18/h3-6,12,15,17H,1-2,7-11H2. The predicted molar refractivity (Wildman–Crippen MR) is 80.6 cm³/mol. The van der Waals surface area contributed by atoms with Gasteiger partial charge in [-0.3, -0.25) is 4.90 Å². The number of hydrogen-bond acceptors (Lipinski definition) is 3. The fourth-order valence-corrected chi connectivity index (χ4v) is 3.52. The molecule has 3 nitrogen and oxygen atoms in total. The molecule has 1 aromatic carbocycles. The quantitative estimate of drug-likeness (QED) is 0.921. The van der Waals surface area contributed by atoms with E-state index >= 15 is 0 Å². The van der Waals surface area contributed by atoms with E-state index in [4.69, 9.17) is 4.74 Å². The van der Waals surface area contributed by atoms with Crippen LogP contribution in [0, 0.1) is 5.92 Å². The van der Waals surface area contributed by atoms with Crippen LogP contribution in [-0.2, 0) is 0 Å². The Morgan fingerprint density at radius 3 is 2.95 bits per heavy atom. The second-order valence-corrected chi connectivity index (χ2v) is 6.38. The molecule has 4 heteroatoms. The Balaban J connectivity index is 1.48. The first-order valence-corrected chi connectivity index (χ1v) is 7.95. The zero-order valence-corrected chi connectivity index (χ0v) is 12.7. The molecule has 0 radical (unpaired) electrons. The van der Waals surface area contributed by atoms with E-state index in [1.165, 1.54) is 25.9 Å². The summed E-state index contributed by atoms with van der Waals surface area (Å²) in [7, 11) is 0. The molecule has 0 spiro atoms. The zero-order valence-electron chi connectivity index (χ0n) is 11.1. The molecule has 3 rings (SSSR count). The van der Waals surface area contributed by atoms with Gasteiger partial charge in [-0.1, -0.05) is 15.9 Å². The minimum Gasteiger partial charge on any atom is -0.492 e. The topological polar surface area (TPSA) is 24.5 Å². The summed E-state index contributed by atoms with van der Waals surface area (Å²) in [6.07, 6.45) is 2.73. The van der Waals surface area contributed by atoms with Crippen molar-refractivity contribution >= 4 is 15.9 Å². The number of nitrogens with zero attached hydrogens (tertiary/aromatic N) is 1. The van der Waals surface area contributed by atoms with Crippen LogP contribution in [0.15, 0.2) is 28.7 Å². The second kappa shape index (κ2) is 6.25. The number of fused-ring (bicyclic) bond motifs is 1. The highest BCUT2D eigenvalue weighted by Gasteiger charge is 2.34. The van der Waals surface area contributed by atoms with Crippen molar-refractivity contribution in [1.82, 2.24) is 10.2 Å². The Labute approximate surface area is 123 Å². The van der Waals surface area contributed by atoms with Gasteiger partial charge in [-0.05, 0) is 56.1 Å². The summed E-state index contributed by atoms with van der Waals surface area (Å²) in [5.41, 5.74) is 0. The molecule has 2 fully saturated rings. The van der Waals surface area contributed by atoms with Crippen LogP contribution < -0.4 is 10.1 Å².